The lowest BCUT2D eigenvalue weighted by Crippen LogP contribution is -2.33. The smallest absolute Gasteiger partial charge is 0.262 e. The van der Waals surface area contributed by atoms with E-state index in [1.807, 2.05) is 56.3 Å². The summed E-state index contributed by atoms with van der Waals surface area (Å²) >= 11 is 0. The van der Waals surface area contributed by atoms with Gasteiger partial charge in [-0.05, 0) is 32.0 Å². The minimum Gasteiger partial charge on any atom is -0.486 e. The molecule has 1 amide bonds. The Balaban J connectivity index is 1.14. The van der Waals surface area contributed by atoms with E-state index in [1.165, 1.54) is 0 Å². The van der Waals surface area contributed by atoms with E-state index in [4.69, 9.17) is 18.9 Å². The van der Waals surface area contributed by atoms with Gasteiger partial charge in [-0.25, -0.2) is 0 Å². The number of amides is 1. The summed E-state index contributed by atoms with van der Waals surface area (Å²) in [4.78, 5) is 12.4. The van der Waals surface area contributed by atoms with Crippen LogP contribution in [-0.4, -0.2) is 40.6 Å². The van der Waals surface area contributed by atoms with Gasteiger partial charge in [0.25, 0.3) is 5.91 Å². The monoisotopic (exact) mass is 435 g/mol. The minimum absolute atomic E-state index is 0.123. The molecule has 1 unspecified atom stereocenters. The van der Waals surface area contributed by atoms with E-state index < -0.39 is 0 Å². The number of hydrogen-bond acceptors (Lipinski definition) is 6. The highest BCUT2D eigenvalue weighted by Gasteiger charge is 2.32. The number of benzene rings is 2. The zero-order chi connectivity index (χ0) is 22.1. The number of nitrogens with one attached hydrogen (secondary N) is 1. The molecule has 0 radical (unpaired) electrons. The molecular formula is C24H25N3O5. The fourth-order valence-electron chi connectivity index (χ4n) is 3.93. The van der Waals surface area contributed by atoms with Crippen molar-refractivity contribution in [1.82, 2.24) is 9.78 Å². The number of carbonyl (C=O) groups is 1. The summed E-state index contributed by atoms with van der Waals surface area (Å²) in [5.74, 6) is 2.49. The molecule has 3 aromatic rings. The van der Waals surface area contributed by atoms with Gasteiger partial charge >= 0.3 is 0 Å². The van der Waals surface area contributed by atoms with Crippen LogP contribution in [0.5, 0.6) is 23.0 Å². The molecule has 5 rings (SSSR count). The maximum Gasteiger partial charge on any atom is 0.262 e. The highest BCUT2D eigenvalue weighted by molar-refractivity contribution is 5.91. The highest BCUT2D eigenvalue weighted by Crippen LogP contribution is 2.41. The molecule has 0 spiro atoms. The largest absolute Gasteiger partial charge is 0.486 e. The molecule has 0 aliphatic carbocycles. The van der Waals surface area contributed by atoms with Crippen molar-refractivity contribution in [3.05, 3.63) is 60.4 Å². The van der Waals surface area contributed by atoms with E-state index in [0.29, 0.717) is 24.6 Å². The summed E-state index contributed by atoms with van der Waals surface area (Å²) in [6, 6.07) is 13.3. The number of anilines is 1. The van der Waals surface area contributed by atoms with Gasteiger partial charge in [-0.1, -0.05) is 24.3 Å². The summed E-state index contributed by atoms with van der Waals surface area (Å²) in [7, 11) is 0. The summed E-state index contributed by atoms with van der Waals surface area (Å²) in [6.45, 7) is 4.88. The lowest BCUT2D eigenvalue weighted by molar-refractivity contribution is -0.118. The Morgan fingerprint density at radius 2 is 2.06 bits per heavy atom. The normalized spacial score (nSPS) is 17.9. The Morgan fingerprint density at radius 1 is 1.22 bits per heavy atom. The van der Waals surface area contributed by atoms with Crippen LogP contribution in [0.3, 0.4) is 0 Å². The van der Waals surface area contributed by atoms with Crippen LogP contribution in [0.25, 0.3) is 0 Å². The highest BCUT2D eigenvalue weighted by atomic mass is 16.6. The topological polar surface area (TPSA) is 83.8 Å². The van der Waals surface area contributed by atoms with Crippen LogP contribution >= 0.6 is 0 Å². The molecule has 0 saturated heterocycles. The first-order chi connectivity index (χ1) is 15.4. The van der Waals surface area contributed by atoms with E-state index >= 15 is 0 Å². The van der Waals surface area contributed by atoms with Crippen molar-refractivity contribution in [2.24, 2.45) is 0 Å². The maximum atomic E-state index is 12.4. The number of nitrogens with zero attached hydrogens (tertiary/aromatic N) is 2. The van der Waals surface area contributed by atoms with Crippen molar-refractivity contribution in [1.29, 1.82) is 0 Å². The van der Waals surface area contributed by atoms with Gasteiger partial charge < -0.3 is 24.3 Å². The lowest BCUT2D eigenvalue weighted by atomic mass is 10.0. The quantitative estimate of drug-likeness (QED) is 0.639. The molecule has 1 N–H and O–H groups in total. The molecule has 166 valence electrons. The van der Waals surface area contributed by atoms with E-state index in [2.05, 4.69) is 10.4 Å². The number of ether oxygens (including phenoxy) is 4. The fourth-order valence-corrected chi connectivity index (χ4v) is 3.93. The molecule has 2 aromatic carbocycles. The van der Waals surface area contributed by atoms with Crippen molar-refractivity contribution in [3.63, 3.8) is 0 Å². The Bertz CT molecular complexity index is 1140. The van der Waals surface area contributed by atoms with Gasteiger partial charge in [0.05, 0.1) is 18.4 Å². The first kappa shape index (κ1) is 20.2. The van der Waals surface area contributed by atoms with Crippen molar-refractivity contribution < 1.29 is 23.7 Å². The number of carbonyl (C=O) groups excluding carboxylic acids is 1. The third kappa shape index (κ3) is 4.34. The Labute approximate surface area is 186 Å². The minimum atomic E-state index is -0.273. The first-order valence-electron chi connectivity index (χ1n) is 10.6. The molecule has 3 heterocycles. The molecule has 1 atom stereocenters. The Hall–Kier alpha value is -3.68. The Kier molecular flexibility index (Phi) is 5.13. The summed E-state index contributed by atoms with van der Waals surface area (Å²) in [6.07, 6.45) is 4.00. The molecule has 1 aromatic heterocycles. The number of para-hydroxylation sites is 3. The molecule has 0 fully saturated rings. The van der Waals surface area contributed by atoms with Crippen LogP contribution in [0.1, 0.15) is 19.4 Å². The van der Waals surface area contributed by atoms with Gasteiger partial charge in [0.15, 0.2) is 35.7 Å². The predicted molar refractivity (Wildman–Crippen MR) is 118 cm³/mol. The summed E-state index contributed by atoms with van der Waals surface area (Å²) < 4.78 is 25.1. The van der Waals surface area contributed by atoms with Gasteiger partial charge in [0.1, 0.15) is 12.2 Å². The van der Waals surface area contributed by atoms with Crippen molar-refractivity contribution in [2.75, 3.05) is 18.5 Å². The molecule has 32 heavy (non-hydrogen) atoms. The average Bonchev–Trinajstić information content (AvgIpc) is 3.34. The second-order valence-electron chi connectivity index (χ2n) is 8.57. The number of hydrogen-bond donors (Lipinski definition) is 1. The summed E-state index contributed by atoms with van der Waals surface area (Å²) in [5.41, 5.74) is 1.41. The number of rotatable bonds is 6. The van der Waals surface area contributed by atoms with Gasteiger partial charge in [0, 0.05) is 18.2 Å². The molecule has 8 nitrogen and oxygen atoms in total. The van der Waals surface area contributed by atoms with Crippen molar-refractivity contribution in [2.45, 2.75) is 38.5 Å². The zero-order valence-corrected chi connectivity index (χ0v) is 18.0. The van der Waals surface area contributed by atoms with Crippen LogP contribution in [0.4, 0.5) is 5.69 Å². The molecule has 2 aliphatic rings. The fraction of sp³-hybridized carbons (Fsp3) is 0.333. The molecular weight excluding hydrogens is 410 g/mol. The third-order valence-corrected chi connectivity index (χ3v) is 5.29. The van der Waals surface area contributed by atoms with Crippen molar-refractivity contribution >= 4 is 11.6 Å². The number of aromatic nitrogens is 2. The second kappa shape index (κ2) is 8.11. The third-order valence-electron chi connectivity index (χ3n) is 5.29. The molecule has 0 bridgehead atoms. The van der Waals surface area contributed by atoms with E-state index in [9.17, 15) is 4.79 Å². The van der Waals surface area contributed by atoms with Crippen LogP contribution in [0, 0.1) is 0 Å². The van der Waals surface area contributed by atoms with Crippen LogP contribution < -0.4 is 24.3 Å². The van der Waals surface area contributed by atoms with Gasteiger partial charge in [-0.3, -0.25) is 9.48 Å². The van der Waals surface area contributed by atoms with Gasteiger partial charge in [0.2, 0.25) is 0 Å². The SMILES string of the molecule is CC1(C)Cc2cccc(OCC(=O)Nc3cnn(CC4COc5ccccc5O4)c3)c2O1. The standard InChI is InChI=1S/C24H25N3O5/c1-24(2)10-16-6-5-9-21(23(16)32-24)30-15-22(28)26-17-11-25-27(12-17)13-18-14-29-19-7-3-4-8-20(19)31-18/h3-9,11-12,18H,10,13-15H2,1-2H3,(H,26,28). The van der Waals surface area contributed by atoms with Gasteiger partial charge in [-0.15, -0.1) is 0 Å². The zero-order valence-electron chi connectivity index (χ0n) is 18.0. The average molecular weight is 435 g/mol. The Morgan fingerprint density at radius 3 is 2.94 bits per heavy atom. The van der Waals surface area contributed by atoms with Crippen LogP contribution in [0.2, 0.25) is 0 Å². The van der Waals surface area contributed by atoms with Crippen LogP contribution in [-0.2, 0) is 17.8 Å². The number of fused-ring (bicyclic) bond motifs is 2. The first-order valence-corrected chi connectivity index (χ1v) is 10.6. The maximum absolute atomic E-state index is 12.4. The van der Waals surface area contributed by atoms with E-state index in [1.54, 1.807) is 17.1 Å². The summed E-state index contributed by atoms with van der Waals surface area (Å²) in [5, 5.41) is 7.12. The molecule has 2 aliphatic heterocycles. The molecule has 8 heteroatoms. The molecule has 0 saturated carbocycles. The van der Waals surface area contributed by atoms with Crippen LogP contribution in [0.15, 0.2) is 54.9 Å². The van der Waals surface area contributed by atoms with Crippen molar-refractivity contribution in [3.8, 4) is 23.0 Å². The van der Waals surface area contributed by atoms with E-state index in [-0.39, 0.29) is 24.2 Å². The predicted octanol–water partition coefficient (Wildman–Crippen LogP) is 3.45. The lowest BCUT2D eigenvalue weighted by Gasteiger charge is -2.26. The van der Waals surface area contributed by atoms with E-state index in [0.717, 1.165) is 29.2 Å². The second-order valence-corrected chi connectivity index (χ2v) is 8.57. The van der Waals surface area contributed by atoms with Gasteiger partial charge in [-0.2, -0.15) is 5.10 Å².